The molecule has 1 heterocycles. The first kappa shape index (κ1) is 21.4. The molecule has 4 nitrogen and oxygen atoms in total. The van der Waals surface area contributed by atoms with Gasteiger partial charge >= 0.3 is 0 Å². The van der Waals surface area contributed by atoms with Crippen molar-refractivity contribution in [3.8, 4) is 11.3 Å². The van der Waals surface area contributed by atoms with Gasteiger partial charge in [0, 0.05) is 23.9 Å². The van der Waals surface area contributed by atoms with Crippen LogP contribution in [0.4, 0.5) is 13.2 Å². The monoisotopic (exact) mass is 430 g/mol. The van der Waals surface area contributed by atoms with Crippen molar-refractivity contribution in [3.05, 3.63) is 59.4 Å². The highest BCUT2D eigenvalue weighted by atomic mass is 19.1. The minimum Gasteiger partial charge on any atom is -0.394 e. The first-order valence-electron chi connectivity index (χ1n) is 10.5. The van der Waals surface area contributed by atoms with Gasteiger partial charge in [0.1, 0.15) is 17.5 Å². The molecule has 2 aromatic carbocycles. The number of hydrogen-bond donors (Lipinski definition) is 2. The molecule has 164 valence electrons. The Morgan fingerprint density at radius 1 is 1.16 bits per heavy atom. The number of carbonyl (C=O) groups excluding carboxylic acids is 1. The zero-order valence-corrected chi connectivity index (χ0v) is 17.5. The maximum atomic E-state index is 14.5. The number of likely N-dealkylation sites (N-methyl/N-ethyl adjacent to an activating group) is 1. The molecule has 0 bridgehead atoms. The average molecular weight is 430 g/mol. The van der Waals surface area contributed by atoms with E-state index in [4.69, 9.17) is 0 Å². The van der Waals surface area contributed by atoms with E-state index < -0.39 is 11.6 Å². The third-order valence-corrected chi connectivity index (χ3v) is 6.31. The summed E-state index contributed by atoms with van der Waals surface area (Å²) in [6.45, 7) is 4.07. The summed E-state index contributed by atoms with van der Waals surface area (Å²) in [5.74, 6) is -2.02. The molecule has 1 amide bonds. The van der Waals surface area contributed by atoms with E-state index in [0.717, 1.165) is 11.6 Å². The van der Waals surface area contributed by atoms with Gasteiger partial charge in [-0.3, -0.25) is 4.79 Å². The molecule has 1 saturated carbocycles. The summed E-state index contributed by atoms with van der Waals surface area (Å²) in [6, 6.07) is 7.72. The molecule has 0 radical (unpaired) electrons. The second-order valence-electron chi connectivity index (χ2n) is 8.25. The summed E-state index contributed by atoms with van der Waals surface area (Å²) in [4.78, 5) is 17.6. The smallest absolute Gasteiger partial charge is 0.226 e. The molecular weight excluding hydrogens is 405 g/mol. The number of H-pyrrole nitrogens is 1. The maximum Gasteiger partial charge on any atom is 0.226 e. The molecule has 1 aromatic heterocycles. The zero-order valence-electron chi connectivity index (χ0n) is 17.5. The third kappa shape index (κ3) is 3.82. The van der Waals surface area contributed by atoms with Gasteiger partial charge in [-0.05, 0) is 74.1 Å². The van der Waals surface area contributed by atoms with Crippen LogP contribution in [0.3, 0.4) is 0 Å². The van der Waals surface area contributed by atoms with Crippen molar-refractivity contribution >= 4 is 16.8 Å². The molecule has 1 unspecified atom stereocenters. The van der Waals surface area contributed by atoms with Gasteiger partial charge in [-0.25, -0.2) is 13.2 Å². The normalized spacial score (nSPS) is 19.3. The quantitative estimate of drug-likeness (QED) is 0.580. The summed E-state index contributed by atoms with van der Waals surface area (Å²) in [5.41, 5.74) is 2.25. The summed E-state index contributed by atoms with van der Waals surface area (Å²) in [7, 11) is 0. The second-order valence-corrected chi connectivity index (χ2v) is 8.25. The Bertz CT molecular complexity index is 1100. The number of hydrogen-bond acceptors (Lipinski definition) is 2. The Balaban J connectivity index is 1.70. The van der Waals surface area contributed by atoms with Crippen molar-refractivity contribution in [3.63, 3.8) is 0 Å². The highest BCUT2D eigenvalue weighted by Gasteiger charge is 2.40. The van der Waals surface area contributed by atoms with Crippen LogP contribution in [0.15, 0.2) is 36.4 Å². The van der Waals surface area contributed by atoms with Gasteiger partial charge in [0.25, 0.3) is 0 Å². The molecule has 0 aliphatic heterocycles. The van der Waals surface area contributed by atoms with E-state index in [9.17, 15) is 23.1 Å². The number of rotatable bonds is 6. The summed E-state index contributed by atoms with van der Waals surface area (Å²) >= 11 is 0. The average Bonchev–Trinajstić information content (AvgIpc) is 3.07. The number of fused-ring (bicyclic) bond motifs is 1. The Morgan fingerprint density at radius 3 is 2.45 bits per heavy atom. The number of nitrogens with zero attached hydrogens (tertiary/aromatic N) is 1. The van der Waals surface area contributed by atoms with Crippen LogP contribution in [0.1, 0.15) is 38.2 Å². The molecule has 1 fully saturated rings. The van der Waals surface area contributed by atoms with Crippen LogP contribution in [0, 0.1) is 23.4 Å². The zero-order chi connectivity index (χ0) is 22.3. The molecule has 4 rings (SSSR count). The third-order valence-electron chi connectivity index (χ3n) is 6.31. The van der Waals surface area contributed by atoms with Crippen LogP contribution in [-0.4, -0.2) is 40.1 Å². The Kier molecular flexibility index (Phi) is 5.79. The standard InChI is InChI=1S/C24H25F3N2O2/c1-3-29(13(2)12-30)24(31)16-8-15(9-16)21-19-10-18(26)11-20(27)23(19)28-22(21)14-4-6-17(25)7-5-14/h4-7,10-11,13,15-16,28,30H,3,8-9,12H2,1-2H3. The van der Waals surface area contributed by atoms with Gasteiger partial charge in [0.05, 0.1) is 23.9 Å². The number of carbonyl (C=O) groups is 1. The Morgan fingerprint density at radius 2 is 1.84 bits per heavy atom. The fraction of sp³-hybridized carbons (Fsp3) is 0.375. The minimum atomic E-state index is -0.689. The van der Waals surface area contributed by atoms with Gasteiger partial charge < -0.3 is 15.0 Å². The molecular formula is C24H25F3N2O2. The molecule has 2 N–H and O–H groups in total. The molecule has 1 aliphatic carbocycles. The first-order valence-corrected chi connectivity index (χ1v) is 10.5. The largest absolute Gasteiger partial charge is 0.394 e. The lowest BCUT2D eigenvalue weighted by atomic mass is 9.69. The number of nitrogens with one attached hydrogen (secondary N) is 1. The van der Waals surface area contributed by atoms with E-state index in [-0.39, 0.29) is 41.7 Å². The topological polar surface area (TPSA) is 56.3 Å². The van der Waals surface area contributed by atoms with E-state index in [2.05, 4.69) is 4.98 Å². The maximum absolute atomic E-state index is 14.5. The van der Waals surface area contributed by atoms with Gasteiger partial charge in [-0.2, -0.15) is 0 Å². The summed E-state index contributed by atoms with van der Waals surface area (Å²) in [5, 5.41) is 9.86. The van der Waals surface area contributed by atoms with E-state index in [1.54, 1.807) is 24.0 Å². The number of aromatic amines is 1. The molecule has 1 atom stereocenters. The van der Waals surface area contributed by atoms with Crippen molar-refractivity contribution in [1.29, 1.82) is 0 Å². The molecule has 3 aromatic rings. The van der Waals surface area contributed by atoms with Crippen LogP contribution >= 0.6 is 0 Å². The molecule has 0 saturated heterocycles. The van der Waals surface area contributed by atoms with Crippen molar-refractivity contribution in [2.24, 2.45) is 5.92 Å². The summed E-state index contributed by atoms with van der Waals surface area (Å²) in [6.07, 6.45) is 1.10. The van der Waals surface area contributed by atoms with E-state index in [0.29, 0.717) is 36.0 Å². The van der Waals surface area contributed by atoms with E-state index in [1.165, 1.54) is 18.2 Å². The molecule has 0 spiro atoms. The fourth-order valence-corrected chi connectivity index (χ4v) is 4.58. The second kappa shape index (κ2) is 8.38. The molecule has 31 heavy (non-hydrogen) atoms. The fourth-order valence-electron chi connectivity index (χ4n) is 4.58. The Labute approximate surface area is 178 Å². The number of benzene rings is 2. The lowest BCUT2D eigenvalue weighted by Crippen LogP contribution is -2.46. The van der Waals surface area contributed by atoms with Crippen LogP contribution in [-0.2, 0) is 4.79 Å². The van der Waals surface area contributed by atoms with Crippen LogP contribution in [0.25, 0.3) is 22.2 Å². The van der Waals surface area contributed by atoms with Crippen LogP contribution in [0.5, 0.6) is 0 Å². The minimum absolute atomic E-state index is 0.0131. The SMILES string of the molecule is CCN(C(=O)C1CC(c2c(-c3ccc(F)cc3)[nH]c3c(F)cc(F)cc23)C1)C(C)CO. The van der Waals surface area contributed by atoms with Gasteiger partial charge in [-0.1, -0.05) is 0 Å². The highest BCUT2D eigenvalue weighted by Crippen LogP contribution is 2.49. The van der Waals surface area contributed by atoms with Crippen molar-refractivity contribution in [2.45, 2.75) is 38.6 Å². The van der Waals surface area contributed by atoms with E-state index in [1.807, 2.05) is 6.92 Å². The molecule has 7 heteroatoms. The number of aromatic nitrogens is 1. The van der Waals surface area contributed by atoms with Crippen molar-refractivity contribution < 1.29 is 23.1 Å². The first-order chi connectivity index (χ1) is 14.8. The Hall–Kier alpha value is -2.80. The summed E-state index contributed by atoms with van der Waals surface area (Å²) < 4.78 is 41.9. The van der Waals surface area contributed by atoms with E-state index >= 15 is 0 Å². The lowest BCUT2D eigenvalue weighted by Gasteiger charge is -2.39. The van der Waals surface area contributed by atoms with Gasteiger partial charge in [0.2, 0.25) is 5.91 Å². The number of halogens is 3. The predicted octanol–water partition coefficient (Wildman–Crippen LogP) is 4.98. The van der Waals surface area contributed by atoms with Gasteiger partial charge in [-0.15, -0.1) is 0 Å². The van der Waals surface area contributed by atoms with Crippen LogP contribution in [0.2, 0.25) is 0 Å². The van der Waals surface area contributed by atoms with Crippen LogP contribution < -0.4 is 0 Å². The number of aliphatic hydroxyl groups excluding tert-OH is 1. The predicted molar refractivity (Wildman–Crippen MR) is 113 cm³/mol. The lowest BCUT2D eigenvalue weighted by molar-refractivity contribution is -0.141. The van der Waals surface area contributed by atoms with Crippen molar-refractivity contribution in [1.82, 2.24) is 9.88 Å². The molecule has 1 aliphatic rings. The van der Waals surface area contributed by atoms with Crippen molar-refractivity contribution in [2.75, 3.05) is 13.2 Å². The number of aliphatic hydroxyl groups is 1. The highest BCUT2D eigenvalue weighted by molar-refractivity contribution is 5.92. The number of amides is 1. The van der Waals surface area contributed by atoms with Gasteiger partial charge in [0.15, 0.2) is 0 Å².